The van der Waals surface area contributed by atoms with Gasteiger partial charge >= 0.3 is 12.4 Å². The Hall–Kier alpha value is -9.53. The number of imide groups is 2. The third kappa shape index (κ3) is 7.83. The molecule has 0 radical (unpaired) electrons. The van der Waals surface area contributed by atoms with Crippen LogP contribution in [-0.2, 0) is 5.41 Å². The maximum atomic E-state index is 15.8. The molecule has 15 nitrogen and oxygen atoms in total. The van der Waals surface area contributed by atoms with E-state index in [-0.39, 0.29) is 46.9 Å². The fraction of sp³-hybridized carbons (Fsp3) is 0.254. The zero-order chi connectivity index (χ0) is 59.2. The first kappa shape index (κ1) is 53.8. The number of amides is 4. The number of alkyl halides is 6. The zero-order valence-electron chi connectivity index (χ0n) is 45.9. The van der Waals surface area contributed by atoms with E-state index < -0.39 is 80.9 Å². The molecule has 0 fully saturated rings. The highest BCUT2D eigenvalue weighted by Crippen LogP contribution is 2.57. The minimum Gasteiger partial charge on any atom is -0.380 e. The van der Waals surface area contributed by atoms with Gasteiger partial charge in [-0.25, -0.2) is 39.8 Å². The number of hydrogen-bond donors (Lipinski definition) is 2. The molecular weight excluding hydrogens is 1090 g/mol. The van der Waals surface area contributed by atoms with Crippen LogP contribution in [0.25, 0.3) is 10.8 Å². The molecule has 4 amide bonds. The number of carbonyl (C=O) groups excluding carboxylic acids is 4. The summed E-state index contributed by atoms with van der Waals surface area (Å²) in [5.74, 6) is -2.80. The highest BCUT2D eigenvalue weighted by Gasteiger charge is 2.73. The van der Waals surface area contributed by atoms with Gasteiger partial charge in [-0.1, -0.05) is 88.4 Å². The summed E-state index contributed by atoms with van der Waals surface area (Å²) in [5, 5.41) is 4.97. The van der Waals surface area contributed by atoms with Gasteiger partial charge in [0.05, 0.1) is 27.9 Å². The first-order chi connectivity index (χ1) is 40.0. The van der Waals surface area contributed by atoms with Crippen LogP contribution in [0.3, 0.4) is 0 Å². The van der Waals surface area contributed by atoms with E-state index in [1.54, 1.807) is 26.8 Å². The van der Waals surface area contributed by atoms with Gasteiger partial charge in [-0.15, -0.1) is 0 Å². The molecule has 1 unspecified atom stereocenters. The van der Waals surface area contributed by atoms with Crippen LogP contribution in [0.5, 0.6) is 0 Å². The van der Waals surface area contributed by atoms with Crippen molar-refractivity contribution in [2.24, 2.45) is 34.9 Å². The van der Waals surface area contributed by atoms with Crippen LogP contribution >= 0.6 is 0 Å². The lowest BCUT2D eigenvalue weighted by Crippen LogP contribution is -2.55. The molecule has 6 aromatic carbocycles. The Morgan fingerprint density at radius 3 is 1.57 bits per heavy atom. The Bertz CT molecular complexity index is 4410. The first-order valence-electron chi connectivity index (χ1n) is 27.4. The second kappa shape index (κ2) is 18.7. The molecule has 422 valence electrons. The van der Waals surface area contributed by atoms with E-state index in [4.69, 9.17) is 34.9 Å². The average molecular weight is 1140 g/mol. The highest BCUT2D eigenvalue weighted by molar-refractivity contribution is 6.35. The number of benzene rings is 6. The Kier molecular flexibility index (Phi) is 12.0. The molecule has 7 aromatic rings. The summed E-state index contributed by atoms with van der Waals surface area (Å²) in [4.78, 5) is 96.8. The number of nitrogens with one attached hydrogen (secondary N) is 2. The van der Waals surface area contributed by atoms with Crippen LogP contribution in [0, 0.1) is 0 Å². The summed E-state index contributed by atoms with van der Waals surface area (Å²) >= 11 is 0. The SMILES string of the molecule is CCC(C)(CC)Nc1ccc2c3[nH]c(c2c1)=NC1=NC(=NC2N=C(N=C4N=C(N=3)c3ccccc34)c3ccccc32)c2ccc(N3C(=O)c4ccc(C(c5ccc6c(c5)C(=O)N(C(C)(CC)CC)C6=O)(C(F)(F)F)C(F)(F)F)cc4C3=O)cc21. The van der Waals surface area contributed by atoms with E-state index >= 15 is 26.3 Å². The average Bonchev–Trinajstić information content (AvgIpc) is 1.10. The van der Waals surface area contributed by atoms with Crippen molar-refractivity contribution in [2.45, 2.75) is 102 Å². The minimum absolute atomic E-state index is 0.0581. The van der Waals surface area contributed by atoms with E-state index in [9.17, 15) is 19.2 Å². The number of anilines is 2. The molecule has 0 spiro atoms. The van der Waals surface area contributed by atoms with Gasteiger partial charge < -0.3 is 10.3 Å². The Balaban J connectivity index is 0.954. The van der Waals surface area contributed by atoms with Crippen molar-refractivity contribution in [1.29, 1.82) is 0 Å². The smallest absolute Gasteiger partial charge is 0.380 e. The number of rotatable bonds is 10. The molecule has 21 heteroatoms. The number of fused-ring (bicyclic) bond motifs is 19. The lowest BCUT2D eigenvalue weighted by molar-refractivity contribution is -0.288. The normalized spacial score (nSPS) is 17.2. The molecule has 0 aliphatic carbocycles. The predicted molar refractivity (Wildman–Crippen MR) is 304 cm³/mol. The number of hydrogen-bond acceptors (Lipinski definition) is 12. The van der Waals surface area contributed by atoms with Crippen molar-refractivity contribution in [3.05, 3.63) is 199 Å². The summed E-state index contributed by atoms with van der Waals surface area (Å²) in [5.41, 5.74) is -6.35. The fourth-order valence-corrected chi connectivity index (χ4v) is 12.0. The second-order valence-corrected chi connectivity index (χ2v) is 22.0. The zero-order valence-corrected chi connectivity index (χ0v) is 45.9. The van der Waals surface area contributed by atoms with Gasteiger partial charge in [0.1, 0.15) is 11.0 Å². The van der Waals surface area contributed by atoms with Crippen LogP contribution < -0.4 is 21.2 Å². The van der Waals surface area contributed by atoms with Crippen molar-refractivity contribution in [3.63, 3.8) is 0 Å². The maximum absolute atomic E-state index is 15.8. The second-order valence-electron chi connectivity index (χ2n) is 22.0. The van der Waals surface area contributed by atoms with Gasteiger partial charge in [-0.05, 0) is 111 Å². The number of H-pyrrole nitrogens is 1. The van der Waals surface area contributed by atoms with Crippen LogP contribution in [0.2, 0.25) is 0 Å². The number of aromatic amines is 1. The molecule has 8 bridgehead atoms. The topological polar surface area (TPSA) is 189 Å². The Morgan fingerprint density at radius 2 is 0.964 bits per heavy atom. The van der Waals surface area contributed by atoms with Crippen LogP contribution in [0.1, 0.15) is 159 Å². The molecule has 84 heavy (non-hydrogen) atoms. The highest BCUT2D eigenvalue weighted by atomic mass is 19.4. The van der Waals surface area contributed by atoms with Gasteiger partial charge in [-0.2, -0.15) is 26.3 Å². The Labute approximate surface area is 475 Å². The number of aliphatic imine (C=N–C) groups is 5. The lowest BCUT2D eigenvalue weighted by atomic mass is 9.71. The van der Waals surface area contributed by atoms with E-state index in [1.807, 2.05) is 66.7 Å². The summed E-state index contributed by atoms with van der Waals surface area (Å²) in [6.07, 6.45) is -11.0. The number of aromatic nitrogens is 1. The number of carbonyl (C=O) groups is 4. The van der Waals surface area contributed by atoms with Crippen LogP contribution in [-0.4, -0.2) is 86.1 Å². The summed E-state index contributed by atoms with van der Waals surface area (Å²) < 4.78 is 95.0. The number of amidine groups is 5. The number of nitrogens with zero attached hydrogens (tertiary/aromatic N) is 9. The van der Waals surface area contributed by atoms with E-state index in [2.05, 4.69) is 31.1 Å². The molecule has 1 aromatic heterocycles. The molecule has 13 rings (SSSR count). The predicted octanol–water partition coefficient (Wildman–Crippen LogP) is 11.7. The van der Waals surface area contributed by atoms with Gasteiger partial charge in [0, 0.05) is 60.9 Å². The first-order valence-corrected chi connectivity index (χ1v) is 27.4. The largest absolute Gasteiger partial charge is 0.411 e. The molecule has 0 saturated carbocycles. The van der Waals surface area contributed by atoms with Gasteiger partial charge in [-0.3, -0.25) is 24.1 Å². The fourth-order valence-electron chi connectivity index (χ4n) is 12.0. The molecule has 2 N–H and O–H groups in total. The standard InChI is InChI=1S/C63H49F6N11O4/c1-7-59(5,8-2)78-33-21-25-39-43(29-33)53-75-51(39)73-49-37-17-13-11-15-35(37)47(71-49)70-48-36-16-12-14-18-38(36)50(72-48)74-52-40-26-22-34(30-44(40)54(76-52)77-53)79-55(81)41-23-19-31(27-45(41)56(79)82)61(62(64,65)66,63(67,68)69)32-20-24-42-46(28-32)58(84)80(57(42)83)60(6,9-3)10-4/h11-30,50,78H,7-10H2,1-6H3,(H,70,71,72,73,74,75,76,77). The summed E-state index contributed by atoms with van der Waals surface area (Å²) in [6, 6.07) is 28.7. The quantitative estimate of drug-likeness (QED) is 0.102. The van der Waals surface area contributed by atoms with Crippen molar-refractivity contribution >= 4 is 75.0 Å². The van der Waals surface area contributed by atoms with E-state index in [0.717, 1.165) is 46.7 Å². The molecule has 0 saturated heterocycles. The van der Waals surface area contributed by atoms with Crippen molar-refractivity contribution in [3.8, 4) is 0 Å². The van der Waals surface area contributed by atoms with Crippen LogP contribution in [0.4, 0.5) is 37.7 Å². The third-order valence-corrected chi connectivity index (χ3v) is 17.5. The summed E-state index contributed by atoms with van der Waals surface area (Å²) in [7, 11) is 0. The number of halogens is 6. The Morgan fingerprint density at radius 1 is 0.476 bits per heavy atom. The van der Waals surface area contributed by atoms with Gasteiger partial charge in [0.15, 0.2) is 35.3 Å². The van der Waals surface area contributed by atoms with Gasteiger partial charge in [0.2, 0.25) is 5.41 Å². The molecular formula is C63H49F6N11O4. The monoisotopic (exact) mass is 1140 g/mol. The molecule has 7 heterocycles. The van der Waals surface area contributed by atoms with Crippen molar-refractivity contribution in [1.82, 2.24) is 9.88 Å². The van der Waals surface area contributed by atoms with E-state index in [1.165, 1.54) is 12.1 Å². The summed E-state index contributed by atoms with van der Waals surface area (Å²) in [6.45, 7) is 11.3. The van der Waals surface area contributed by atoms with Crippen LogP contribution in [0.15, 0.2) is 156 Å². The molecule has 6 aliphatic rings. The van der Waals surface area contributed by atoms with Crippen molar-refractivity contribution in [2.75, 3.05) is 10.2 Å². The van der Waals surface area contributed by atoms with E-state index in [0.29, 0.717) is 85.1 Å². The minimum atomic E-state index is -6.16. The molecule has 6 aliphatic heterocycles. The van der Waals surface area contributed by atoms with Crippen molar-refractivity contribution < 1.29 is 45.5 Å². The third-order valence-electron chi connectivity index (χ3n) is 17.5. The maximum Gasteiger partial charge on any atom is 0.411 e. The van der Waals surface area contributed by atoms with Gasteiger partial charge in [0.25, 0.3) is 23.6 Å². The molecule has 1 atom stereocenters. The lowest BCUT2D eigenvalue weighted by Gasteiger charge is -2.38.